The molecular weight excluding hydrogens is 328 g/mol. The maximum Gasteiger partial charge on any atom is 0.272 e. The quantitative estimate of drug-likeness (QED) is 0.848. The van der Waals surface area contributed by atoms with Crippen molar-refractivity contribution >= 4 is 17.5 Å². The molecule has 1 saturated heterocycles. The minimum atomic E-state index is -0.00584. The van der Waals surface area contributed by atoms with Crippen molar-refractivity contribution in [1.82, 2.24) is 14.9 Å². The van der Waals surface area contributed by atoms with Gasteiger partial charge in [-0.05, 0) is 62.9 Å². The van der Waals surface area contributed by atoms with Crippen molar-refractivity contribution < 1.29 is 9.53 Å². The van der Waals surface area contributed by atoms with Crippen LogP contribution < -0.4 is 10.1 Å². The van der Waals surface area contributed by atoms with Crippen molar-refractivity contribution in [3.63, 3.8) is 0 Å². The second-order valence-electron chi connectivity index (χ2n) is 6.40. The molecule has 0 bridgehead atoms. The monoisotopic (exact) mass is 354 g/mol. The smallest absolute Gasteiger partial charge is 0.272 e. The number of nitrogens with one attached hydrogen (secondary N) is 1. The number of aromatic nitrogens is 2. The van der Waals surface area contributed by atoms with Crippen LogP contribution in [0.15, 0.2) is 36.5 Å². The van der Waals surface area contributed by atoms with Crippen LogP contribution in [0.3, 0.4) is 0 Å². The molecule has 1 aliphatic heterocycles. The Morgan fingerprint density at radius 2 is 2.04 bits per heavy atom. The number of benzene rings is 1. The van der Waals surface area contributed by atoms with Crippen LogP contribution in [0.2, 0.25) is 0 Å². The van der Waals surface area contributed by atoms with Gasteiger partial charge in [-0.15, -0.1) is 0 Å². The summed E-state index contributed by atoms with van der Waals surface area (Å²) in [5, 5.41) is 3.15. The molecule has 0 aliphatic carbocycles. The summed E-state index contributed by atoms with van der Waals surface area (Å²) < 4.78 is 5.44. The van der Waals surface area contributed by atoms with Crippen LogP contribution in [-0.4, -0.2) is 40.0 Å². The third-order valence-electron chi connectivity index (χ3n) is 4.66. The summed E-state index contributed by atoms with van der Waals surface area (Å²) in [7, 11) is 0. The molecule has 1 unspecified atom stereocenters. The molecular formula is C20H26N4O2. The minimum absolute atomic E-state index is 0.00584. The number of rotatable bonds is 6. The highest BCUT2D eigenvalue weighted by Crippen LogP contribution is 2.22. The van der Waals surface area contributed by atoms with Crippen LogP contribution in [0.5, 0.6) is 5.75 Å². The highest BCUT2D eigenvalue weighted by atomic mass is 16.5. The highest BCUT2D eigenvalue weighted by Gasteiger charge is 2.27. The lowest BCUT2D eigenvalue weighted by atomic mass is 9.99. The maximum atomic E-state index is 12.9. The molecule has 3 rings (SSSR count). The van der Waals surface area contributed by atoms with Gasteiger partial charge in [-0.25, -0.2) is 9.97 Å². The topological polar surface area (TPSA) is 67.3 Å². The Kier molecular flexibility index (Phi) is 6.04. The Hall–Kier alpha value is -2.63. The number of carbonyl (C=O) groups is 1. The van der Waals surface area contributed by atoms with Crippen LogP contribution in [0.4, 0.5) is 11.6 Å². The zero-order chi connectivity index (χ0) is 18.4. The second-order valence-corrected chi connectivity index (χ2v) is 6.40. The van der Waals surface area contributed by atoms with Gasteiger partial charge in [-0.2, -0.15) is 0 Å². The number of anilines is 2. The fourth-order valence-electron chi connectivity index (χ4n) is 3.31. The number of nitrogens with zero attached hydrogens (tertiary/aromatic N) is 3. The van der Waals surface area contributed by atoms with Crippen LogP contribution in [-0.2, 0) is 0 Å². The molecule has 138 valence electrons. The Balaban J connectivity index is 1.72. The third kappa shape index (κ3) is 4.31. The molecule has 0 spiro atoms. The molecule has 1 amide bonds. The number of carbonyl (C=O) groups excluding carboxylic acids is 1. The van der Waals surface area contributed by atoms with Gasteiger partial charge in [0.25, 0.3) is 5.91 Å². The SMILES string of the molecule is CCOc1ccc(Nc2nccc(C(=O)N3CCCCC3CC)n2)cc1. The number of hydrogen-bond acceptors (Lipinski definition) is 5. The van der Waals surface area contributed by atoms with Gasteiger partial charge in [-0.1, -0.05) is 6.92 Å². The van der Waals surface area contributed by atoms with E-state index in [1.807, 2.05) is 36.1 Å². The van der Waals surface area contributed by atoms with Crippen LogP contribution in [0.1, 0.15) is 50.0 Å². The van der Waals surface area contributed by atoms with E-state index in [-0.39, 0.29) is 5.91 Å². The summed E-state index contributed by atoms with van der Waals surface area (Å²) in [6.07, 6.45) is 5.93. The maximum absolute atomic E-state index is 12.9. The lowest BCUT2D eigenvalue weighted by Gasteiger charge is -2.35. The van der Waals surface area contributed by atoms with Crippen LogP contribution in [0, 0.1) is 0 Å². The van der Waals surface area contributed by atoms with E-state index in [1.54, 1.807) is 12.3 Å². The first-order valence-electron chi connectivity index (χ1n) is 9.35. The summed E-state index contributed by atoms with van der Waals surface area (Å²) >= 11 is 0. The average molecular weight is 354 g/mol. The molecule has 1 N–H and O–H groups in total. The van der Waals surface area contributed by atoms with E-state index in [9.17, 15) is 4.79 Å². The van der Waals surface area contributed by atoms with E-state index in [0.29, 0.717) is 24.3 Å². The largest absolute Gasteiger partial charge is 0.494 e. The second kappa shape index (κ2) is 8.65. The predicted molar refractivity (Wildman–Crippen MR) is 102 cm³/mol. The van der Waals surface area contributed by atoms with Crippen molar-refractivity contribution in [2.75, 3.05) is 18.5 Å². The first-order chi connectivity index (χ1) is 12.7. The fourth-order valence-corrected chi connectivity index (χ4v) is 3.31. The zero-order valence-electron chi connectivity index (χ0n) is 15.4. The van der Waals surface area contributed by atoms with Gasteiger partial charge < -0.3 is 15.0 Å². The molecule has 2 heterocycles. The van der Waals surface area contributed by atoms with Gasteiger partial charge in [0.15, 0.2) is 0 Å². The van der Waals surface area contributed by atoms with Crippen LogP contribution in [0.25, 0.3) is 0 Å². The zero-order valence-corrected chi connectivity index (χ0v) is 15.4. The molecule has 6 heteroatoms. The summed E-state index contributed by atoms with van der Waals surface area (Å²) in [6.45, 7) is 5.53. The molecule has 26 heavy (non-hydrogen) atoms. The molecule has 1 fully saturated rings. The first kappa shape index (κ1) is 18.2. The molecule has 0 radical (unpaired) electrons. The minimum Gasteiger partial charge on any atom is -0.494 e. The molecule has 1 aromatic heterocycles. The van der Waals surface area contributed by atoms with E-state index in [2.05, 4.69) is 22.2 Å². The van der Waals surface area contributed by atoms with Crippen molar-refractivity contribution in [3.05, 3.63) is 42.2 Å². The molecule has 6 nitrogen and oxygen atoms in total. The lowest BCUT2D eigenvalue weighted by molar-refractivity contribution is 0.0602. The average Bonchev–Trinajstić information content (AvgIpc) is 2.69. The molecule has 1 aromatic carbocycles. The predicted octanol–water partition coefficient (Wildman–Crippen LogP) is 4.02. The first-order valence-corrected chi connectivity index (χ1v) is 9.35. The van der Waals surface area contributed by atoms with Crippen molar-refractivity contribution in [1.29, 1.82) is 0 Å². The summed E-state index contributed by atoms with van der Waals surface area (Å²) in [5.74, 6) is 1.23. The van der Waals surface area contributed by atoms with Crippen molar-refractivity contribution in [3.8, 4) is 5.75 Å². The van der Waals surface area contributed by atoms with Gasteiger partial charge in [0.05, 0.1) is 6.61 Å². The van der Waals surface area contributed by atoms with Crippen molar-refractivity contribution in [2.45, 2.75) is 45.6 Å². The molecule has 1 atom stereocenters. The van der Waals surface area contributed by atoms with Gasteiger partial charge in [0, 0.05) is 24.5 Å². The number of likely N-dealkylation sites (tertiary alicyclic amines) is 1. The summed E-state index contributed by atoms with van der Waals surface area (Å²) in [4.78, 5) is 23.5. The molecule has 2 aromatic rings. The Labute approximate surface area is 154 Å². The Morgan fingerprint density at radius 1 is 1.23 bits per heavy atom. The summed E-state index contributed by atoms with van der Waals surface area (Å²) in [6, 6.07) is 9.59. The van der Waals surface area contributed by atoms with Crippen LogP contribution >= 0.6 is 0 Å². The molecule has 0 saturated carbocycles. The number of piperidine rings is 1. The number of hydrogen-bond donors (Lipinski definition) is 1. The molecule has 1 aliphatic rings. The van der Waals surface area contributed by atoms with E-state index in [0.717, 1.165) is 37.2 Å². The van der Waals surface area contributed by atoms with E-state index in [4.69, 9.17) is 4.74 Å². The van der Waals surface area contributed by atoms with Crippen molar-refractivity contribution in [2.24, 2.45) is 0 Å². The standard InChI is InChI=1S/C20H26N4O2/c1-3-16-7-5-6-14-24(16)19(25)18-12-13-21-20(23-18)22-15-8-10-17(11-9-15)26-4-2/h8-13,16H,3-7,14H2,1-2H3,(H,21,22,23). The van der Waals surface area contributed by atoms with E-state index >= 15 is 0 Å². The van der Waals surface area contributed by atoms with Gasteiger partial charge in [0.2, 0.25) is 5.95 Å². The number of amides is 1. The fraction of sp³-hybridized carbons (Fsp3) is 0.450. The van der Waals surface area contributed by atoms with E-state index in [1.165, 1.54) is 6.42 Å². The lowest BCUT2D eigenvalue weighted by Crippen LogP contribution is -2.43. The number of ether oxygens (including phenoxy) is 1. The summed E-state index contributed by atoms with van der Waals surface area (Å²) in [5.41, 5.74) is 1.29. The van der Waals surface area contributed by atoms with E-state index < -0.39 is 0 Å². The Morgan fingerprint density at radius 3 is 2.77 bits per heavy atom. The third-order valence-corrected chi connectivity index (χ3v) is 4.66. The van der Waals surface area contributed by atoms with Gasteiger partial charge >= 0.3 is 0 Å². The normalized spacial score (nSPS) is 17.0. The van der Waals surface area contributed by atoms with Gasteiger partial charge in [0.1, 0.15) is 11.4 Å². The van der Waals surface area contributed by atoms with Gasteiger partial charge in [-0.3, -0.25) is 4.79 Å². The highest BCUT2D eigenvalue weighted by molar-refractivity contribution is 5.92. The Bertz CT molecular complexity index is 733.